The van der Waals surface area contributed by atoms with Gasteiger partial charge >= 0.3 is 6.18 Å². The Hall–Kier alpha value is -3.85. The number of likely N-dealkylation sites (tertiary alicyclic amines) is 1. The maximum absolute atomic E-state index is 13.1. The second-order valence-corrected chi connectivity index (χ2v) is 9.59. The van der Waals surface area contributed by atoms with Gasteiger partial charge in [-0.1, -0.05) is 30.3 Å². The van der Waals surface area contributed by atoms with Gasteiger partial charge in [-0.15, -0.1) is 0 Å². The predicted molar refractivity (Wildman–Crippen MR) is 140 cm³/mol. The molecule has 4 aromatic rings. The van der Waals surface area contributed by atoms with Gasteiger partial charge in [0.25, 0.3) is 0 Å². The van der Waals surface area contributed by atoms with Crippen LogP contribution in [0.5, 0.6) is 5.75 Å². The quantitative estimate of drug-likeness (QED) is 0.325. The Kier molecular flexibility index (Phi) is 7.37. The van der Waals surface area contributed by atoms with Crippen molar-refractivity contribution in [3.8, 4) is 5.75 Å². The number of nitrogens with zero attached hydrogens (tertiary/aromatic N) is 3. The van der Waals surface area contributed by atoms with E-state index in [9.17, 15) is 18.0 Å². The molecule has 38 heavy (non-hydrogen) atoms. The van der Waals surface area contributed by atoms with E-state index in [4.69, 9.17) is 9.72 Å². The fourth-order valence-corrected chi connectivity index (χ4v) is 4.97. The van der Waals surface area contributed by atoms with E-state index in [1.54, 1.807) is 7.11 Å². The lowest BCUT2D eigenvalue weighted by Gasteiger charge is -2.31. The molecular weight excluding hydrogens is 493 g/mol. The van der Waals surface area contributed by atoms with E-state index in [1.165, 1.54) is 12.1 Å². The van der Waals surface area contributed by atoms with Crippen LogP contribution in [0.2, 0.25) is 0 Å². The summed E-state index contributed by atoms with van der Waals surface area (Å²) in [4.78, 5) is 20.1. The third kappa shape index (κ3) is 5.83. The second kappa shape index (κ2) is 10.9. The van der Waals surface area contributed by atoms with Crippen molar-refractivity contribution in [2.24, 2.45) is 5.92 Å². The van der Waals surface area contributed by atoms with Gasteiger partial charge in [0, 0.05) is 18.8 Å². The van der Waals surface area contributed by atoms with E-state index < -0.39 is 11.7 Å². The molecule has 3 aromatic carbocycles. The summed E-state index contributed by atoms with van der Waals surface area (Å²) in [6, 6.07) is 20.7. The fourth-order valence-electron chi connectivity index (χ4n) is 4.97. The van der Waals surface area contributed by atoms with E-state index in [2.05, 4.69) is 20.9 Å². The number of nitrogens with one attached hydrogen (secondary N) is 1. The number of carbonyl (C=O) groups excluding carboxylic acids is 1. The van der Waals surface area contributed by atoms with Crippen LogP contribution in [0.3, 0.4) is 0 Å². The maximum atomic E-state index is 13.1. The average molecular weight is 523 g/mol. The molecule has 1 saturated heterocycles. The largest absolute Gasteiger partial charge is 0.497 e. The van der Waals surface area contributed by atoms with Crippen molar-refractivity contribution in [1.82, 2.24) is 14.5 Å². The van der Waals surface area contributed by atoms with Gasteiger partial charge < -0.3 is 14.6 Å². The number of methoxy groups -OCH3 is 1. The van der Waals surface area contributed by atoms with Gasteiger partial charge in [0.05, 0.1) is 36.2 Å². The van der Waals surface area contributed by atoms with Crippen molar-refractivity contribution in [3.63, 3.8) is 0 Å². The molecule has 0 unspecified atom stereocenters. The Morgan fingerprint density at radius 3 is 2.61 bits per heavy atom. The van der Waals surface area contributed by atoms with Gasteiger partial charge in [-0.2, -0.15) is 13.2 Å². The number of halogens is 3. The predicted octanol–water partition coefficient (Wildman–Crippen LogP) is 5.96. The minimum absolute atomic E-state index is 0.156. The molecule has 0 radical (unpaired) electrons. The summed E-state index contributed by atoms with van der Waals surface area (Å²) >= 11 is 0. The molecule has 9 heteroatoms. The van der Waals surface area contributed by atoms with E-state index in [0.29, 0.717) is 26.1 Å². The molecule has 0 aliphatic carbocycles. The third-order valence-corrected chi connectivity index (χ3v) is 6.93. The number of imidazole rings is 1. The number of carbonyl (C=O) groups is 1. The first-order valence-corrected chi connectivity index (χ1v) is 12.6. The molecule has 1 aromatic heterocycles. The highest BCUT2D eigenvalue weighted by molar-refractivity contribution is 5.92. The maximum Gasteiger partial charge on any atom is 0.416 e. The Morgan fingerprint density at radius 1 is 1.05 bits per heavy atom. The number of amides is 1. The summed E-state index contributed by atoms with van der Waals surface area (Å²) in [5.41, 5.74) is 2.44. The topological polar surface area (TPSA) is 59.4 Å². The molecule has 2 heterocycles. The number of hydrogen-bond acceptors (Lipinski definition) is 4. The summed E-state index contributed by atoms with van der Waals surface area (Å²) < 4.78 is 46.7. The Morgan fingerprint density at radius 2 is 1.84 bits per heavy atom. The summed E-state index contributed by atoms with van der Waals surface area (Å²) in [7, 11) is 1.64. The van der Waals surface area contributed by atoms with Gasteiger partial charge in [0.15, 0.2) is 0 Å². The summed E-state index contributed by atoms with van der Waals surface area (Å²) in [6.07, 6.45) is -2.96. The number of rotatable bonds is 7. The SMILES string of the molecule is COc1ccc(Cn2c(CN3CCC[C@@H](C(=O)Nc4cccc(C(F)(F)F)c4)C3)nc3ccccc32)cc1. The van der Waals surface area contributed by atoms with Gasteiger partial charge in [0.2, 0.25) is 5.91 Å². The van der Waals surface area contributed by atoms with E-state index in [0.717, 1.165) is 53.3 Å². The van der Waals surface area contributed by atoms with Crippen LogP contribution in [-0.4, -0.2) is 40.6 Å². The zero-order valence-corrected chi connectivity index (χ0v) is 21.0. The molecule has 1 atom stereocenters. The minimum atomic E-state index is -4.46. The molecule has 1 aliphatic rings. The molecule has 1 amide bonds. The first-order valence-electron chi connectivity index (χ1n) is 12.6. The Labute approximate surface area is 219 Å². The van der Waals surface area contributed by atoms with Crippen LogP contribution < -0.4 is 10.1 Å². The van der Waals surface area contributed by atoms with E-state index in [-0.39, 0.29) is 17.5 Å². The van der Waals surface area contributed by atoms with Crippen molar-refractivity contribution in [3.05, 3.63) is 89.7 Å². The lowest BCUT2D eigenvalue weighted by molar-refractivity contribution is -0.137. The highest BCUT2D eigenvalue weighted by atomic mass is 19.4. The zero-order chi connectivity index (χ0) is 26.7. The monoisotopic (exact) mass is 522 g/mol. The first kappa shape index (κ1) is 25.8. The number of ether oxygens (including phenoxy) is 1. The average Bonchev–Trinajstić information content (AvgIpc) is 3.25. The number of alkyl halides is 3. The highest BCUT2D eigenvalue weighted by Crippen LogP contribution is 2.31. The molecule has 0 bridgehead atoms. The number of benzene rings is 3. The second-order valence-electron chi connectivity index (χ2n) is 9.59. The molecule has 1 N–H and O–H groups in total. The molecule has 0 spiro atoms. The first-order chi connectivity index (χ1) is 18.3. The number of hydrogen-bond donors (Lipinski definition) is 1. The number of piperidine rings is 1. The van der Waals surface area contributed by atoms with Crippen molar-refractivity contribution >= 4 is 22.6 Å². The molecule has 1 fully saturated rings. The van der Waals surface area contributed by atoms with Gasteiger partial charge in [-0.3, -0.25) is 9.69 Å². The number of fused-ring (bicyclic) bond motifs is 1. The molecular formula is C29H29F3N4O2. The van der Waals surface area contributed by atoms with Crippen LogP contribution in [0.15, 0.2) is 72.8 Å². The molecule has 198 valence electrons. The molecule has 5 rings (SSSR count). The summed E-state index contributed by atoms with van der Waals surface area (Å²) in [5, 5.41) is 2.69. The Balaban J connectivity index is 1.31. The van der Waals surface area contributed by atoms with Crippen molar-refractivity contribution in [1.29, 1.82) is 0 Å². The summed E-state index contributed by atoms with van der Waals surface area (Å²) in [5.74, 6) is 1.12. The third-order valence-electron chi connectivity index (χ3n) is 6.93. The normalized spacial score (nSPS) is 16.5. The van der Waals surface area contributed by atoms with Crippen LogP contribution in [0, 0.1) is 5.92 Å². The van der Waals surface area contributed by atoms with Crippen molar-refractivity contribution < 1.29 is 22.7 Å². The number of para-hydroxylation sites is 2. The number of anilines is 1. The number of aromatic nitrogens is 2. The fraction of sp³-hybridized carbons (Fsp3) is 0.310. The van der Waals surface area contributed by atoms with Crippen LogP contribution in [0.4, 0.5) is 18.9 Å². The molecule has 0 saturated carbocycles. The van der Waals surface area contributed by atoms with E-state index in [1.807, 2.05) is 42.5 Å². The van der Waals surface area contributed by atoms with Crippen LogP contribution >= 0.6 is 0 Å². The lowest BCUT2D eigenvalue weighted by Crippen LogP contribution is -2.40. The molecule has 6 nitrogen and oxygen atoms in total. The zero-order valence-electron chi connectivity index (χ0n) is 21.0. The van der Waals surface area contributed by atoms with Crippen LogP contribution in [0.1, 0.15) is 29.8 Å². The van der Waals surface area contributed by atoms with Gasteiger partial charge in [0.1, 0.15) is 11.6 Å². The Bertz CT molecular complexity index is 1420. The van der Waals surface area contributed by atoms with Gasteiger partial charge in [-0.25, -0.2) is 4.98 Å². The van der Waals surface area contributed by atoms with E-state index >= 15 is 0 Å². The molecule has 1 aliphatic heterocycles. The smallest absolute Gasteiger partial charge is 0.416 e. The van der Waals surface area contributed by atoms with Gasteiger partial charge in [-0.05, 0) is 67.4 Å². The van der Waals surface area contributed by atoms with Crippen LogP contribution in [-0.2, 0) is 24.1 Å². The van der Waals surface area contributed by atoms with Crippen molar-refractivity contribution in [2.75, 3.05) is 25.5 Å². The summed E-state index contributed by atoms with van der Waals surface area (Å²) in [6.45, 7) is 2.54. The van der Waals surface area contributed by atoms with Crippen LogP contribution in [0.25, 0.3) is 11.0 Å². The minimum Gasteiger partial charge on any atom is -0.497 e. The lowest BCUT2D eigenvalue weighted by atomic mass is 9.97. The highest BCUT2D eigenvalue weighted by Gasteiger charge is 2.31. The van der Waals surface area contributed by atoms with Crippen molar-refractivity contribution in [2.45, 2.75) is 32.1 Å². The standard InChI is InChI=1S/C29H29F3N4O2/c1-38-24-13-11-20(12-14-24)17-36-26-10-3-2-9-25(26)34-27(36)19-35-15-5-6-21(18-35)28(37)33-23-8-4-7-22(16-23)29(30,31)32/h2-4,7-14,16,21H,5-6,15,17-19H2,1H3,(H,33,37)/t21-/m1/s1.